The van der Waals surface area contributed by atoms with E-state index in [1.165, 1.54) is 11.3 Å². The molecule has 18 heavy (non-hydrogen) atoms. The number of hydrogen-bond acceptors (Lipinski definition) is 5. The highest BCUT2D eigenvalue weighted by molar-refractivity contribution is 7.92. The van der Waals surface area contributed by atoms with E-state index in [4.69, 9.17) is 0 Å². The lowest BCUT2D eigenvalue weighted by atomic mass is 10.3. The molecule has 0 aliphatic heterocycles. The van der Waals surface area contributed by atoms with Crippen LogP contribution in [0.1, 0.15) is 21.5 Å². The van der Waals surface area contributed by atoms with Crippen LogP contribution in [-0.2, 0) is 27.1 Å². The molecule has 0 aromatic carbocycles. The first kappa shape index (κ1) is 15.5. The Hall–Kier alpha value is -0.530. The van der Waals surface area contributed by atoms with Crippen LogP contribution in [0.5, 0.6) is 0 Å². The molecule has 0 amide bonds. The molecule has 1 rings (SSSR count). The van der Waals surface area contributed by atoms with Gasteiger partial charge in [-0.2, -0.15) is 0 Å². The molecule has 102 valence electrons. The van der Waals surface area contributed by atoms with E-state index < -0.39 is 20.6 Å². The van der Waals surface area contributed by atoms with Gasteiger partial charge in [-0.15, -0.1) is 11.3 Å². The van der Waals surface area contributed by atoms with Crippen LogP contribution >= 0.6 is 11.3 Å². The van der Waals surface area contributed by atoms with E-state index in [1.54, 1.807) is 6.07 Å². The second-order valence-electron chi connectivity index (χ2n) is 3.96. The van der Waals surface area contributed by atoms with E-state index >= 15 is 0 Å². The lowest BCUT2D eigenvalue weighted by Gasteiger charge is -1.99. The maximum Gasteiger partial charge on any atom is 0.185 e. The third-order valence-corrected chi connectivity index (χ3v) is 5.98. The van der Waals surface area contributed by atoms with Crippen LogP contribution in [0.15, 0.2) is 12.1 Å². The van der Waals surface area contributed by atoms with Gasteiger partial charge >= 0.3 is 0 Å². The molecule has 4 nitrogen and oxygen atoms in total. The van der Waals surface area contributed by atoms with Gasteiger partial charge in [0.15, 0.2) is 5.78 Å². The number of sulfone groups is 1. The molecule has 0 aliphatic rings. The molecule has 0 radical (unpaired) electrons. The molecule has 1 aromatic heterocycles. The fourth-order valence-corrected chi connectivity index (χ4v) is 4.77. The SMILES string of the molecule is CCc1ccc(C(=O)CS(=O)CCS(C)(=O)=O)s1. The maximum absolute atomic E-state index is 11.8. The van der Waals surface area contributed by atoms with Gasteiger partial charge in [0.1, 0.15) is 9.84 Å². The van der Waals surface area contributed by atoms with Gasteiger partial charge < -0.3 is 0 Å². The second kappa shape index (κ2) is 6.58. The zero-order valence-corrected chi connectivity index (χ0v) is 12.8. The van der Waals surface area contributed by atoms with Crippen molar-refractivity contribution in [3.8, 4) is 0 Å². The van der Waals surface area contributed by atoms with Crippen molar-refractivity contribution in [1.82, 2.24) is 0 Å². The normalized spacial score (nSPS) is 13.4. The molecular formula is C11H16O4S3. The monoisotopic (exact) mass is 308 g/mol. The summed E-state index contributed by atoms with van der Waals surface area (Å²) in [6, 6.07) is 3.62. The van der Waals surface area contributed by atoms with Crippen LogP contribution < -0.4 is 0 Å². The molecule has 1 unspecified atom stereocenters. The van der Waals surface area contributed by atoms with Crippen molar-refractivity contribution in [2.45, 2.75) is 13.3 Å². The van der Waals surface area contributed by atoms with E-state index in [-0.39, 0.29) is 23.0 Å². The molecule has 0 saturated carbocycles. The molecule has 1 aromatic rings. The lowest BCUT2D eigenvalue weighted by Crippen LogP contribution is -2.17. The minimum absolute atomic E-state index is 0.0244. The van der Waals surface area contributed by atoms with Crippen molar-refractivity contribution in [3.63, 3.8) is 0 Å². The molecule has 1 heterocycles. The molecule has 1 atom stereocenters. The number of aryl methyl sites for hydroxylation is 1. The van der Waals surface area contributed by atoms with Crippen LogP contribution in [0.4, 0.5) is 0 Å². The fourth-order valence-electron chi connectivity index (χ4n) is 1.25. The number of carbonyl (C=O) groups excluding carboxylic acids is 1. The quantitative estimate of drug-likeness (QED) is 0.712. The highest BCUT2D eigenvalue weighted by Gasteiger charge is 2.14. The molecule has 0 aliphatic carbocycles. The van der Waals surface area contributed by atoms with E-state index in [9.17, 15) is 17.4 Å². The maximum atomic E-state index is 11.8. The van der Waals surface area contributed by atoms with Gasteiger partial charge in [0, 0.05) is 27.7 Å². The van der Waals surface area contributed by atoms with Crippen LogP contribution in [0, 0.1) is 0 Å². The van der Waals surface area contributed by atoms with Crippen LogP contribution in [0.3, 0.4) is 0 Å². The number of Topliss-reactive ketones (excluding diaryl/α,β-unsaturated/α-hetero) is 1. The van der Waals surface area contributed by atoms with Gasteiger partial charge in [0.25, 0.3) is 0 Å². The zero-order chi connectivity index (χ0) is 13.8. The molecule has 0 N–H and O–H groups in total. The third-order valence-electron chi connectivity index (χ3n) is 2.26. The Morgan fingerprint density at radius 1 is 1.39 bits per heavy atom. The fraction of sp³-hybridized carbons (Fsp3) is 0.545. The highest BCUT2D eigenvalue weighted by Crippen LogP contribution is 2.17. The third kappa shape index (κ3) is 5.41. The number of ketones is 1. The summed E-state index contributed by atoms with van der Waals surface area (Å²) in [5.41, 5.74) is 0. The van der Waals surface area contributed by atoms with Crippen LogP contribution in [0.25, 0.3) is 0 Å². The lowest BCUT2D eigenvalue weighted by molar-refractivity contribution is 0.102. The second-order valence-corrected chi connectivity index (χ2v) is 8.97. The van der Waals surface area contributed by atoms with Crippen molar-refractivity contribution in [2.24, 2.45) is 0 Å². The molecule has 7 heteroatoms. The number of carbonyl (C=O) groups is 1. The summed E-state index contributed by atoms with van der Waals surface area (Å²) >= 11 is 1.40. The predicted octanol–water partition coefficient (Wildman–Crippen LogP) is 1.29. The summed E-state index contributed by atoms with van der Waals surface area (Å²) in [6.45, 7) is 2.00. The van der Waals surface area contributed by atoms with Gasteiger partial charge in [-0.05, 0) is 18.6 Å². The smallest absolute Gasteiger partial charge is 0.185 e. The summed E-state index contributed by atoms with van der Waals surface area (Å²) < 4.78 is 33.4. The molecule has 0 spiro atoms. The van der Waals surface area contributed by atoms with Crippen molar-refractivity contribution >= 4 is 37.8 Å². The average molecular weight is 308 g/mol. The minimum Gasteiger partial charge on any atom is -0.292 e. The average Bonchev–Trinajstić information content (AvgIpc) is 2.74. The largest absolute Gasteiger partial charge is 0.292 e. The topological polar surface area (TPSA) is 68.3 Å². The highest BCUT2D eigenvalue weighted by atomic mass is 32.2. The van der Waals surface area contributed by atoms with E-state index in [1.807, 2.05) is 13.0 Å². The summed E-state index contributed by atoms with van der Waals surface area (Å²) in [6.07, 6.45) is 1.97. The van der Waals surface area contributed by atoms with Crippen molar-refractivity contribution < 1.29 is 17.4 Å². The molecular weight excluding hydrogens is 292 g/mol. The first-order chi connectivity index (χ1) is 8.31. The zero-order valence-electron chi connectivity index (χ0n) is 10.3. The number of hydrogen-bond donors (Lipinski definition) is 0. The van der Waals surface area contributed by atoms with E-state index in [0.29, 0.717) is 4.88 Å². The summed E-state index contributed by atoms with van der Waals surface area (Å²) in [4.78, 5) is 13.5. The van der Waals surface area contributed by atoms with Crippen molar-refractivity contribution in [3.05, 3.63) is 21.9 Å². The predicted molar refractivity (Wildman–Crippen MR) is 75.6 cm³/mol. The van der Waals surface area contributed by atoms with Crippen molar-refractivity contribution in [1.29, 1.82) is 0 Å². The van der Waals surface area contributed by atoms with E-state index in [2.05, 4.69) is 0 Å². The molecule has 0 fully saturated rings. The Bertz CT molecular complexity index is 542. The number of thiophene rings is 1. The van der Waals surface area contributed by atoms with Gasteiger partial charge in [-0.3, -0.25) is 9.00 Å². The standard InChI is InChI=1S/C11H16O4S3/c1-3-9-4-5-11(16-9)10(12)8-17(13)6-7-18(2,14)15/h4-5H,3,6-8H2,1-2H3. The van der Waals surface area contributed by atoms with Crippen LogP contribution in [-0.4, -0.2) is 41.9 Å². The minimum atomic E-state index is -3.12. The molecule has 0 saturated heterocycles. The van der Waals surface area contributed by atoms with Gasteiger partial charge in [-0.1, -0.05) is 6.92 Å². The Balaban J connectivity index is 2.52. The van der Waals surface area contributed by atoms with Gasteiger partial charge in [0.05, 0.1) is 16.4 Å². The van der Waals surface area contributed by atoms with Crippen LogP contribution in [0.2, 0.25) is 0 Å². The Labute approximate surface area is 114 Å². The van der Waals surface area contributed by atoms with E-state index in [0.717, 1.165) is 17.6 Å². The first-order valence-electron chi connectivity index (χ1n) is 5.46. The Morgan fingerprint density at radius 2 is 2.06 bits per heavy atom. The summed E-state index contributed by atoms with van der Waals surface area (Å²) in [5.74, 6) is -0.389. The van der Waals surface area contributed by atoms with Crippen molar-refractivity contribution in [2.75, 3.05) is 23.5 Å². The first-order valence-corrected chi connectivity index (χ1v) is 9.83. The van der Waals surface area contributed by atoms with Gasteiger partial charge in [-0.25, -0.2) is 8.42 Å². The Kier molecular flexibility index (Phi) is 5.68. The summed E-state index contributed by atoms with van der Waals surface area (Å²) in [7, 11) is -4.53. The molecule has 0 bridgehead atoms. The summed E-state index contributed by atoms with van der Waals surface area (Å²) in [5, 5.41) is 0. The Morgan fingerprint density at radius 3 is 2.56 bits per heavy atom. The van der Waals surface area contributed by atoms with Gasteiger partial charge in [0.2, 0.25) is 0 Å². The number of rotatable bonds is 7.